The SMILES string of the molecule is CC(C)C(F)(F)S(=O)[O-]. The fraction of sp³-hybridized carbons (Fsp3) is 1.00. The Hall–Kier alpha value is -0.0300. The minimum atomic E-state index is -3.58. The maximum Gasteiger partial charge on any atom is 0.311 e. The summed E-state index contributed by atoms with van der Waals surface area (Å²) in [6.45, 7) is 2.30. The molecule has 0 spiro atoms. The van der Waals surface area contributed by atoms with Crippen LogP contribution in [0.2, 0.25) is 0 Å². The van der Waals surface area contributed by atoms with E-state index < -0.39 is 22.3 Å². The van der Waals surface area contributed by atoms with Crippen molar-refractivity contribution in [3.63, 3.8) is 0 Å². The summed E-state index contributed by atoms with van der Waals surface area (Å²) in [5.41, 5.74) is 0. The quantitative estimate of drug-likeness (QED) is 0.563. The lowest BCUT2D eigenvalue weighted by Gasteiger charge is -2.21. The topological polar surface area (TPSA) is 40.1 Å². The van der Waals surface area contributed by atoms with Crippen molar-refractivity contribution in [2.45, 2.75) is 19.1 Å². The first-order valence-electron chi connectivity index (χ1n) is 2.36. The van der Waals surface area contributed by atoms with Crippen LogP contribution in [0.3, 0.4) is 0 Å². The van der Waals surface area contributed by atoms with Crippen molar-refractivity contribution in [3.8, 4) is 0 Å². The smallest absolute Gasteiger partial charge is 0.311 e. The summed E-state index contributed by atoms with van der Waals surface area (Å²) < 4.78 is 43.5. The molecule has 2 nitrogen and oxygen atoms in total. The lowest BCUT2D eigenvalue weighted by Crippen LogP contribution is -2.29. The molecule has 1 unspecified atom stereocenters. The highest BCUT2D eigenvalue weighted by atomic mass is 32.2. The fourth-order valence-corrected chi connectivity index (χ4v) is 0.577. The molecule has 0 rings (SSSR count). The third-order valence-electron chi connectivity index (χ3n) is 0.894. The molecule has 0 saturated carbocycles. The molecule has 0 aromatic rings. The number of rotatable bonds is 2. The summed E-state index contributed by atoms with van der Waals surface area (Å²) in [6.07, 6.45) is 0. The van der Waals surface area contributed by atoms with Gasteiger partial charge in [-0.15, -0.1) is 0 Å². The first kappa shape index (κ1) is 8.97. The average Bonchev–Trinajstić information content (AvgIpc) is 1.65. The van der Waals surface area contributed by atoms with Gasteiger partial charge in [-0.1, -0.05) is 13.8 Å². The van der Waals surface area contributed by atoms with Gasteiger partial charge in [-0.2, -0.15) is 8.78 Å². The molecular weight excluding hydrogens is 150 g/mol. The standard InChI is InChI=1S/C4H8F2O2S/c1-3(2)4(5,6)9(7)8/h3H,1-2H3,(H,7,8)/p-1. The van der Waals surface area contributed by atoms with Crippen molar-refractivity contribution in [2.75, 3.05) is 0 Å². The largest absolute Gasteiger partial charge is 0.768 e. The maximum absolute atomic E-state index is 12.1. The highest BCUT2D eigenvalue weighted by molar-refractivity contribution is 7.80. The molecule has 0 aromatic carbocycles. The van der Waals surface area contributed by atoms with E-state index in [-0.39, 0.29) is 0 Å². The molecule has 0 fully saturated rings. The van der Waals surface area contributed by atoms with Crippen molar-refractivity contribution < 1.29 is 17.5 Å². The summed E-state index contributed by atoms with van der Waals surface area (Å²) in [4.78, 5) is 0. The van der Waals surface area contributed by atoms with E-state index in [1.807, 2.05) is 0 Å². The Morgan fingerprint density at radius 1 is 1.56 bits per heavy atom. The molecule has 0 heterocycles. The van der Waals surface area contributed by atoms with Crippen LogP contribution in [-0.4, -0.2) is 14.0 Å². The van der Waals surface area contributed by atoms with E-state index in [0.29, 0.717) is 0 Å². The van der Waals surface area contributed by atoms with E-state index in [2.05, 4.69) is 0 Å². The van der Waals surface area contributed by atoms with E-state index in [1.165, 1.54) is 0 Å². The number of hydrogen-bond acceptors (Lipinski definition) is 2. The van der Waals surface area contributed by atoms with Gasteiger partial charge in [0, 0.05) is 17.0 Å². The minimum absolute atomic E-state index is 1.15. The summed E-state index contributed by atoms with van der Waals surface area (Å²) in [7, 11) is 0. The van der Waals surface area contributed by atoms with Crippen molar-refractivity contribution >= 4 is 11.1 Å². The molecule has 5 heteroatoms. The third-order valence-corrected chi connectivity index (χ3v) is 1.81. The molecular formula is C4H7F2O2S-. The van der Waals surface area contributed by atoms with Crippen LogP contribution in [0.5, 0.6) is 0 Å². The van der Waals surface area contributed by atoms with E-state index in [1.54, 1.807) is 0 Å². The van der Waals surface area contributed by atoms with Gasteiger partial charge in [-0.05, 0) is 0 Å². The Labute approximate surface area is 54.5 Å². The first-order valence-corrected chi connectivity index (χ1v) is 3.43. The summed E-state index contributed by atoms with van der Waals surface area (Å²) >= 11 is -3.29. The second-order valence-electron chi connectivity index (χ2n) is 1.95. The molecule has 0 N–H and O–H groups in total. The van der Waals surface area contributed by atoms with Crippen LogP contribution < -0.4 is 0 Å². The van der Waals surface area contributed by atoms with Crippen molar-refractivity contribution in [1.29, 1.82) is 0 Å². The van der Waals surface area contributed by atoms with Crippen molar-refractivity contribution in [3.05, 3.63) is 0 Å². The lowest BCUT2D eigenvalue weighted by molar-refractivity contribution is 0.0400. The lowest BCUT2D eigenvalue weighted by atomic mass is 10.2. The third kappa shape index (κ3) is 1.98. The molecule has 0 bridgehead atoms. The Morgan fingerprint density at radius 2 is 1.89 bits per heavy atom. The molecule has 0 aliphatic heterocycles. The van der Waals surface area contributed by atoms with Crippen LogP contribution in [0.4, 0.5) is 8.78 Å². The van der Waals surface area contributed by atoms with Crippen LogP contribution in [0.25, 0.3) is 0 Å². The average molecular weight is 157 g/mol. The number of halogens is 2. The molecule has 0 aliphatic carbocycles. The molecule has 9 heavy (non-hydrogen) atoms. The molecule has 1 atom stereocenters. The van der Waals surface area contributed by atoms with Crippen molar-refractivity contribution in [1.82, 2.24) is 0 Å². The van der Waals surface area contributed by atoms with Gasteiger partial charge in [-0.25, -0.2) is 0 Å². The van der Waals surface area contributed by atoms with Crippen LogP contribution >= 0.6 is 0 Å². The van der Waals surface area contributed by atoms with Crippen LogP contribution in [0, 0.1) is 5.92 Å². The Bertz CT molecular complexity index is 124. The predicted molar refractivity (Wildman–Crippen MR) is 28.7 cm³/mol. The Morgan fingerprint density at radius 3 is 1.89 bits per heavy atom. The first-order chi connectivity index (χ1) is 3.89. The highest BCUT2D eigenvalue weighted by Gasteiger charge is 2.34. The van der Waals surface area contributed by atoms with Crippen LogP contribution in [-0.2, 0) is 11.1 Å². The van der Waals surface area contributed by atoms with Gasteiger partial charge in [0.1, 0.15) is 0 Å². The van der Waals surface area contributed by atoms with Gasteiger partial charge in [-0.3, -0.25) is 4.21 Å². The zero-order chi connectivity index (χ0) is 7.65. The second-order valence-corrected chi connectivity index (χ2v) is 2.96. The minimum Gasteiger partial charge on any atom is -0.768 e. The predicted octanol–water partition coefficient (Wildman–Crippen LogP) is 1.11. The van der Waals surface area contributed by atoms with Gasteiger partial charge in [0.25, 0.3) is 0 Å². The molecule has 0 radical (unpaired) electrons. The van der Waals surface area contributed by atoms with E-state index in [9.17, 15) is 17.5 Å². The van der Waals surface area contributed by atoms with Crippen LogP contribution in [0.1, 0.15) is 13.8 Å². The van der Waals surface area contributed by atoms with Gasteiger partial charge >= 0.3 is 5.25 Å². The zero-order valence-corrected chi connectivity index (χ0v) is 5.87. The molecule has 0 amide bonds. The van der Waals surface area contributed by atoms with E-state index >= 15 is 0 Å². The second kappa shape index (κ2) is 2.70. The summed E-state index contributed by atoms with van der Waals surface area (Å²) in [5, 5.41) is -3.58. The number of alkyl halides is 2. The number of hydrogen-bond donors (Lipinski definition) is 0. The molecule has 0 aliphatic rings. The highest BCUT2D eigenvalue weighted by Crippen LogP contribution is 2.26. The van der Waals surface area contributed by atoms with Gasteiger partial charge in [0.05, 0.1) is 0 Å². The van der Waals surface area contributed by atoms with Gasteiger partial charge in [0.2, 0.25) is 0 Å². The molecule has 0 saturated heterocycles. The van der Waals surface area contributed by atoms with E-state index in [0.717, 1.165) is 13.8 Å². The fourth-order valence-electron chi connectivity index (χ4n) is 0.192. The van der Waals surface area contributed by atoms with Crippen LogP contribution in [0.15, 0.2) is 0 Å². The van der Waals surface area contributed by atoms with Gasteiger partial charge < -0.3 is 4.55 Å². The maximum atomic E-state index is 12.1. The normalized spacial score (nSPS) is 16.2. The van der Waals surface area contributed by atoms with Gasteiger partial charge in [0.15, 0.2) is 0 Å². The Kier molecular flexibility index (Phi) is 2.69. The monoisotopic (exact) mass is 157 g/mol. The summed E-state index contributed by atoms with van der Waals surface area (Å²) in [5.74, 6) is -1.16. The molecule has 56 valence electrons. The Balaban J connectivity index is 4.19. The molecule has 0 aromatic heterocycles. The summed E-state index contributed by atoms with van der Waals surface area (Å²) in [6, 6.07) is 0. The zero-order valence-electron chi connectivity index (χ0n) is 5.06. The van der Waals surface area contributed by atoms with E-state index in [4.69, 9.17) is 0 Å². The van der Waals surface area contributed by atoms with Crippen molar-refractivity contribution in [2.24, 2.45) is 5.92 Å².